The first kappa shape index (κ1) is 36.6. The second-order valence-corrected chi connectivity index (χ2v) is 14.1. The van der Waals surface area contributed by atoms with Gasteiger partial charge in [0.1, 0.15) is 39.5 Å². The van der Waals surface area contributed by atoms with Crippen LogP contribution >= 0.6 is 11.8 Å². The molecular weight excluding hydrogens is 695 g/mol. The lowest BCUT2D eigenvalue weighted by atomic mass is 9.93. The number of hydrogen-bond acceptors (Lipinski definition) is 10. The lowest BCUT2D eigenvalue weighted by Gasteiger charge is -2.31. The number of methoxy groups -OCH3 is 2. The lowest BCUT2D eigenvalue weighted by molar-refractivity contribution is 0.157. The van der Waals surface area contributed by atoms with Crippen LogP contribution in [0.4, 0.5) is 10.7 Å². The fraction of sp³-hybridized carbons (Fsp3) is 0.195. The van der Waals surface area contributed by atoms with Crippen molar-refractivity contribution in [3.05, 3.63) is 112 Å². The molecule has 1 aliphatic heterocycles. The quantitative estimate of drug-likeness (QED) is 0.0921. The normalized spacial score (nSPS) is 12.6. The SMILES string of the molecule is COC(=O)Nc1nc2ccc(Sc3ccccc3)cc2[nH]1.COc1c(CC=C(C)C)c2c(c3oc(=O)c(-c4ccc(O)cc4)c(O)c13)C=CC(C)(C)O2. The van der Waals surface area contributed by atoms with Gasteiger partial charge in [0.2, 0.25) is 5.95 Å². The average Bonchev–Trinajstić information content (AvgIpc) is 3.53. The van der Waals surface area contributed by atoms with E-state index < -0.39 is 17.3 Å². The van der Waals surface area contributed by atoms with Gasteiger partial charge in [-0.15, -0.1) is 0 Å². The maximum atomic E-state index is 12.9. The Hall–Kier alpha value is -6.14. The second-order valence-electron chi connectivity index (χ2n) is 12.9. The fourth-order valence-corrected chi connectivity index (χ4v) is 6.65. The van der Waals surface area contributed by atoms with Crippen LogP contribution < -0.4 is 20.4 Å². The molecule has 1 amide bonds. The van der Waals surface area contributed by atoms with Crippen molar-refractivity contribution in [3.8, 4) is 34.1 Å². The number of ether oxygens (including phenoxy) is 3. The number of nitrogens with one attached hydrogen (secondary N) is 2. The molecule has 7 rings (SSSR count). The van der Waals surface area contributed by atoms with Gasteiger partial charge in [-0.25, -0.2) is 14.6 Å². The summed E-state index contributed by atoms with van der Waals surface area (Å²) < 4.78 is 22.3. The molecule has 4 aromatic carbocycles. The van der Waals surface area contributed by atoms with Crippen molar-refractivity contribution in [2.24, 2.45) is 0 Å². The summed E-state index contributed by atoms with van der Waals surface area (Å²) >= 11 is 1.67. The van der Waals surface area contributed by atoms with Crippen molar-refractivity contribution < 1.29 is 33.6 Å². The topological polar surface area (TPSA) is 156 Å². The number of carbonyl (C=O) groups excluding carboxylic acids is 1. The van der Waals surface area contributed by atoms with Crippen LogP contribution in [0.25, 0.3) is 39.2 Å². The van der Waals surface area contributed by atoms with Crippen molar-refractivity contribution in [2.45, 2.75) is 49.5 Å². The molecule has 1 aliphatic rings. The number of phenols is 1. The first-order valence-electron chi connectivity index (χ1n) is 16.7. The number of aromatic amines is 1. The van der Waals surface area contributed by atoms with E-state index in [9.17, 15) is 19.8 Å². The zero-order valence-corrected chi connectivity index (χ0v) is 30.9. The Kier molecular flexibility index (Phi) is 10.5. The van der Waals surface area contributed by atoms with Crippen LogP contribution in [0.5, 0.6) is 23.0 Å². The molecule has 3 heterocycles. The number of fused-ring (bicyclic) bond motifs is 4. The Morgan fingerprint density at radius 2 is 1.75 bits per heavy atom. The number of allylic oxidation sites excluding steroid dienone is 2. The van der Waals surface area contributed by atoms with E-state index in [1.54, 1.807) is 23.9 Å². The number of carbonyl (C=O) groups is 1. The minimum Gasteiger partial charge on any atom is -0.508 e. The van der Waals surface area contributed by atoms with Crippen LogP contribution in [0.1, 0.15) is 38.8 Å². The lowest BCUT2D eigenvalue weighted by Crippen LogP contribution is -2.28. The van der Waals surface area contributed by atoms with Gasteiger partial charge in [-0.05, 0) is 94.3 Å². The van der Waals surface area contributed by atoms with Crippen LogP contribution in [0.2, 0.25) is 0 Å². The first-order chi connectivity index (χ1) is 25.4. The van der Waals surface area contributed by atoms with Gasteiger partial charge in [-0.1, -0.05) is 53.7 Å². The number of amides is 1. The van der Waals surface area contributed by atoms with Crippen LogP contribution in [-0.2, 0) is 11.2 Å². The van der Waals surface area contributed by atoms with Gasteiger partial charge >= 0.3 is 11.7 Å². The van der Waals surface area contributed by atoms with Crippen molar-refractivity contribution >= 4 is 51.9 Å². The van der Waals surface area contributed by atoms with Crippen LogP contribution in [-0.4, -0.2) is 46.1 Å². The molecule has 0 atom stereocenters. The molecule has 0 saturated heterocycles. The summed E-state index contributed by atoms with van der Waals surface area (Å²) in [6.45, 7) is 7.89. The number of imidazole rings is 1. The van der Waals surface area contributed by atoms with E-state index in [1.807, 2.05) is 76.2 Å². The molecule has 11 nitrogen and oxygen atoms in total. The molecule has 4 N–H and O–H groups in total. The van der Waals surface area contributed by atoms with Crippen molar-refractivity contribution in [1.29, 1.82) is 0 Å². The maximum absolute atomic E-state index is 12.9. The van der Waals surface area contributed by atoms with E-state index >= 15 is 0 Å². The molecule has 0 spiro atoms. The highest BCUT2D eigenvalue weighted by Crippen LogP contribution is 2.49. The van der Waals surface area contributed by atoms with Gasteiger partial charge in [0.05, 0.1) is 30.8 Å². The highest BCUT2D eigenvalue weighted by Gasteiger charge is 2.32. The van der Waals surface area contributed by atoms with Gasteiger partial charge in [-0.3, -0.25) is 5.32 Å². The van der Waals surface area contributed by atoms with Gasteiger partial charge in [0.25, 0.3) is 0 Å². The summed E-state index contributed by atoms with van der Waals surface area (Å²) in [7, 11) is 2.83. The summed E-state index contributed by atoms with van der Waals surface area (Å²) in [5.74, 6) is 1.15. The van der Waals surface area contributed by atoms with Gasteiger partial charge < -0.3 is 33.8 Å². The van der Waals surface area contributed by atoms with Crippen LogP contribution in [0, 0.1) is 0 Å². The van der Waals surface area contributed by atoms with E-state index in [-0.39, 0.29) is 22.6 Å². The Balaban J connectivity index is 0.000000198. The van der Waals surface area contributed by atoms with Gasteiger partial charge in [-0.2, -0.15) is 0 Å². The number of aromatic hydroxyl groups is 2. The molecule has 0 aliphatic carbocycles. The fourth-order valence-electron chi connectivity index (χ4n) is 5.78. The molecule has 0 unspecified atom stereocenters. The Morgan fingerprint density at radius 3 is 2.43 bits per heavy atom. The van der Waals surface area contributed by atoms with Crippen molar-refractivity contribution in [2.75, 3.05) is 19.5 Å². The molecule has 0 radical (unpaired) electrons. The predicted octanol–water partition coefficient (Wildman–Crippen LogP) is 9.47. The number of anilines is 1. The minimum absolute atomic E-state index is 0.00458. The molecule has 2 aromatic heterocycles. The molecule has 53 heavy (non-hydrogen) atoms. The van der Waals surface area contributed by atoms with E-state index in [4.69, 9.17) is 13.9 Å². The number of H-pyrrole nitrogens is 1. The number of rotatable bonds is 7. The van der Waals surface area contributed by atoms with Gasteiger partial charge in [0, 0.05) is 15.4 Å². The van der Waals surface area contributed by atoms with E-state index in [2.05, 4.69) is 38.2 Å². The highest BCUT2D eigenvalue weighted by atomic mass is 32.2. The standard InChI is InChI=1S/C26H26O6.C15H13N3O2S/c1-14(2)6-11-17-22-18(12-13-26(3,4)32-22)24-20(23(17)30-5)21(28)19(25(29)31-24)15-7-9-16(27)10-8-15;1-20-15(19)18-14-16-12-8-7-11(9-13(12)17-14)21-10-5-3-2-4-6-10/h6-10,12-13,27-28H,11H2,1-5H3;2-9H,1H3,(H2,16,17,18,19). The van der Waals surface area contributed by atoms with Crippen LogP contribution in [0.15, 0.2) is 110 Å². The molecule has 272 valence electrons. The summed E-state index contributed by atoms with van der Waals surface area (Å²) in [5.41, 5.74) is 3.51. The Bertz CT molecular complexity index is 2430. The predicted molar refractivity (Wildman–Crippen MR) is 207 cm³/mol. The molecule has 0 saturated carbocycles. The number of phenolic OH excluding ortho intramolecular Hbond substituents is 1. The number of benzene rings is 4. The molecule has 0 fully saturated rings. The third kappa shape index (κ3) is 8.02. The largest absolute Gasteiger partial charge is 0.508 e. The third-order valence-electron chi connectivity index (χ3n) is 8.29. The zero-order valence-electron chi connectivity index (χ0n) is 30.1. The average molecular weight is 734 g/mol. The summed E-state index contributed by atoms with van der Waals surface area (Å²) in [6.07, 6.45) is 5.76. The summed E-state index contributed by atoms with van der Waals surface area (Å²) in [6, 6.07) is 22.0. The summed E-state index contributed by atoms with van der Waals surface area (Å²) in [4.78, 5) is 33.7. The Morgan fingerprint density at radius 1 is 1.02 bits per heavy atom. The first-order valence-corrected chi connectivity index (χ1v) is 17.5. The second kappa shape index (κ2) is 15.2. The summed E-state index contributed by atoms with van der Waals surface area (Å²) in [5, 5.41) is 23.7. The number of aromatic nitrogens is 2. The smallest absolute Gasteiger partial charge is 0.413 e. The number of hydrogen-bond donors (Lipinski definition) is 4. The van der Waals surface area contributed by atoms with E-state index in [0.29, 0.717) is 40.4 Å². The van der Waals surface area contributed by atoms with E-state index in [1.165, 1.54) is 31.2 Å². The highest BCUT2D eigenvalue weighted by molar-refractivity contribution is 7.99. The molecule has 0 bridgehead atoms. The van der Waals surface area contributed by atoms with Crippen LogP contribution in [0.3, 0.4) is 0 Å². The Labute approximate surface area is 309 Å². The van der Waals surface area contributed by atoms with Crippen molar-refractivity contribution in [1.82, 2.24) is 9.97 Å². The molecule has 12 heteroatoms. The monoisotopic (exact) mass is 733 g/mol. The van der Waals surface area contributed by atoms with Gasteiger partial charge in [0.15, 0.2) is 5.58 Å². The van der Waals surface area contributed by atoms with E-state index in [0.717, 1.165) is 27.1 Å². The molecule has 6 aromatic rings. The maximum Gasteiger partial charge on any atom is 0.413 e. The molecular formula is C41H39N3O8S. The van der Waals surface area contributed by atoms with Crippen molar-refractivity contribution in [3.63, 3.8) is 0 Å². The zero-order chi connectivity index (χ0) is 37.9. The number of nitrogens with zero attached hydrogens (tertiary/aromatic N) is 1. The minimum atomic E-state index is -0.694. The third-order valence-corrected chi connectivity index (χ3v) is 9.29.